The molecule has 0 saturated heterocycles. The van der Waals surface area contributed by atoms with Crippen molar-refractivity contribution in [2.24, 2.45) is 5.92 Å². The topological polar surface area (TPSA) is 47.3 Å². The first kappa shape index (κ1) is 13.6. The zero-order valence-corrected chi connectivity index (χ0v) is 11.6. The molecule has 2 heterocycles. The number of nitrogens with zero attached hydrogens (tertiary/aromatic N) is 2. The van der Waals surface area contributed by atoms with Gasteiger partial charge in [0.25, 0.3) is 0 Å². The fraction of sp³-hybridized carbons (Fsp3) is 0.400. The first-order valence-corrected chi connectivity index (χ1v) is 6.44. The number of rotatable bonds is 5. The van der Waals surface area contributed by atoms with E-state index < -0.39 is 6.10 Å². The molecule has 19 heavy (non-hydrogen) atoms. The largest absolute Gasteiger partial charge is 0.481 e. The van der Waals surface area contributed by atoms with Crippen LogP contribution in [-0.2, 0) is 6.54 Å². The fourth-order valence-corrected chi connectivity index (χ4v) is 1.96. The summed E-state index contributed by atoms with van der Waals surface area (Å²) in [5.74, 6) is 0.831. The van der Waals surface area contributed by atoms with E-state index in [4.69, 9.17) is 4.74 Å². The Kier molecular flexibility index (Phi) is 4.22. The highest BCUT2D eigenvalue weighted by molar-refractivity contribution is 5.18. The Morgan fingerprint density at radius 3 is 2.79 bits per heavy atom. The van der Waals surface area contributed by atoms with E-state index in [9.17, 15) is 5.11 Å². The number of ether oxygens (including phenoxy) is 1. The molecule has 0 aliphatic rings. The molecule has 0 bridgehead atoms. The summed E-state index contributed by atoms with van der Waals surface area (Å²) in [5, 5.41) is 10.0. The summed E-state index contributed by atoms with van der Waals surface area (Å²) in [7, 11) is 1.61. The highest BCUT2D eigenvalue weighted by atomic mass is 16.5. The van der Waals surface area contributed by atoms with Crippen LogP contribution in [0.1, 0.15) is 31.2 Å². The molecule has 102 valence electrons. The van der Waals surface area contributed by atoms with Crippen molar-refractivity contribution in [2.45, 2.75) is 26.5 Å². The van der Waals surface area contributed by atoms with Crippen molar-refractivity contribution in [2.75, 3.05) is 7.11 Å². The van der Waals surface area contributed by atoms with Crippen LogP contribution in [0.5, 0.6) is 5.88 Å². The molecular formula is C15H20N2O2. The molecule has 0 aliphatic heterocycles. The van der Waals surface area contributed by atoms with Gasteiger partial charge < -0.3 is 14.4 Å². The van der Waals surface area contributed by atoms with Crippen LogP contribution in [0.25, 0.3) is 0 Å². The van der Waals surface area contributed by atoms with Crippen molar-refractivity contribution in [3.8, 4) is 5.88 Å². The van der Waals surface area contributed by atoms with E-state index in [1.54, 1.807) is 7.11 Å². The summed E-state index contributed by atoms with van der Waals surface area (Å²) in [6, 6.07) is 7.66. The van der Waals surface area contributed by atoms with E-state index in [0.717, 1.165) is 11.3 Å². The molecule has 0 radical (unpaired) electrons. The van der Waals surface area contributed by atoms with Gasteiger partial charge in [-0.05, 0) is 23.6 Å². The van der Waals surface area contributed by atoms with Crippen LogP contribution in [0.15, 0.2) is 36.7 Å². The second-order valence-corrected chi connectivity index (χ2v) is 4.98. The minimum atomic E-state index is -0.417. The van der Waals surface area contributed by atoms with Crippen LogP contribution in [0.4, 0.5) is 0 Å². The van der Waals surface area contributed by atoms with Crippen LogP contribution < -0.4 is 4.74 Å². The minimum absolute atomic E-state index is 0.214. The van der Waals surface area contributed by atoms with E-state index in [2.05, 4.69) is 4.98 Å². The lowest BCUT2D eigenvalue weighted by Gasteiger charge is -2.12. The molecule has 0 aliphatic carbocycles. The van der Waals surface area contributed by atoms with Gasteiger partial charge in [0.2, 0.25) is 5.88 Å². The maximum absolute atomic E-state index is 10.0. The summed E-state index contributed by atoms with van der Waals surface area (Å²) in [5.41, 5.74) is 1.87. The lowest BCUT2D eigenvalue weighted by atomic mass is 10.0. The Bertz CT molecular complexity index is 534. The van der Waals surface area contributed by atoms with E-state index in [-0.39, 0.29) is 5.92 Å². The monoisotopic (exact) mass is 260 g/mol. The molecule has 4 nitrogen and oxygen atoms in total. The van der Waals surface area contributed by atoms with E-state index in [1.165, 1.54) is 0 Å². The molecule has 0 spiro atoms. The van der Waals surface area contributed by atoms with Crippen LogP contribution in [-0.4, -0.2) is 21.8 Å². The molecular weight excluding hydrogens is 240 g/mol. The van der Waals surface area contributed by atoms with Crippen LogP contribution in [0.2, 0.25) is 0 Å². The van der Waals surface area contributed by atoms with Crippen LogP contribution in [0.3, 0.4) is 0 Å². The molecule has 2 aromatic heterocycles. The number of aliphatic hydroxyl groups is 1. The third kappa shape index (κ3) is 3.35. The number of hydrogen-bond donors (Lipinski definition) is 1. The quantitative estimate of drug-likeness (QED) is 0.899. The highest BCUT2D eigenvalue weighted by Crippen LogP contribution is 2.21. The first-order chi connectivity index (χ1) is 9.10. The highest BCUT2D eigenvalue weighted by Gasteiger charge is 2.13. The number of aliphatic hydroxyl groups excluding tert-OH is 1. The fourth-order valence-electron chi connectivity index (χ4n) is 1.96. The van der Waals surface area contributed by atoms with Crippen molar-refractivity contribution in [3.63, 3.8) is 0 Å². The average Bonchev–Trinajstić information content (AvgIpc) is 2.86. The molecule has 1 atom stereocenters. The van der Waals surface area contributed by atoms with Gasteiger partial charge in [0.1, 0.15) is 0 Å². The Hall–Kier alpha value is -1.81. The lowest BCUT2D eigenvalue weighted by molar-refractivity contribution is 0.127. The Morgan fingerprint density at radius 2 is 2.11 bits per heavy atom. The zero-order valence-electron chi connectivity index (χ0n) is 11.6. The number of pyridine rings is 1. The van der Waals surface area contributed by atoms with Crippen molar-refractivity contribution in [3.05, 3.63) is 47.9 Å². The second-order valence-electron chi connectivity index (χ2n) is 4.98. The summed E-state index contributed by atoms with van der Waals surface area (Å²) in [4.78, 5) is 4.37. The molecule has 0 aromatic carbocycles. The zero-order chi connectivity index (χ0) is 13.8. The normalized spacial score (nSPS) is 12.7. The molecule has 0 amide bonds. The molecule has 1 N–H and O–H groups in total. The number of methoxy groups -OCH3 is 1. The van der Waals surface area contributed by atoms with Crippen molar-refractivity contribution in [1.82, 2.24) is 9.55 Å². The van der Waals surface area contributed by atoms with Gasteiger partial charge in [-0.1, -0.05) is 19.9 Å². The summed E-state index contributed by atoms with van der Waals surface area (Å²) in [6.45, 7) is 4.68. The van der Waals surface area contributed by atoms with Crippen molar-refractivity contribution in [1.29, 1.82) is 0 Å². The van der Waals surface area contributed by atoms with Crippen molar-refractivity contribution >= 4 is 0 Å². The molecule has 0 fully saturated rings. The Morgan fingerprint density at radius 1 is 1.32 bits per heavy atom. The van der Waals surface area contributed by atoms with Gasteiger partial charge in [0.05, 0.1) is 25.5 Å². The third-order valence-electron chi connectivity index (χ3n) is 3.08. The van der Waals surface area contributed by atoms with Gasteiger partial charge in [-0.2, -0.15) is 0 Å². The number of hydrogen-bond acceptors (Lipinski definition) is 3. The maximum atomic E-state index is 10.0. The lowest BCUT2D eigenvalue weighted by Crippen LogP contribution is -2.05. The number of aromatic nitrogens is 2. The smallest absolute Gasteiger partial charge is 0.213 e. The minimum Gasteiger partial charge on any atom is -0.481 e. The standard InChI is InChI=1S/C15H20N2O2/c1-11(2)15(18)12-7-8-17(9-12)10-13-5-4-6-14(16-13)19-3/h4-9,11,15,18H,10H2,1-3H3. The van der Waals surface area contributed by atoms with Crippen LogP contribution in [0, 0.1) is 5.92 Å². The summed E-state index contributed by atoms with van der Waals surface area (Å²) >= 11 is 0. The van der Waals surface area contributed by atoms with E-state index in [1.807, 2.05) is 55.1 Å². The van der Waals surface area contributed by atoms with Crippen molar-refractivity contribution < 1.29 is 9.84 Å². The summed E-state index contributed by atoms with van der Waals surface area (Å²) in [6.07, 6.45) is 3.51. The van der Waals surface area contributed by atoms with E-state index >= 15 is 0 Å². The molecule has 2 aromatic rings. The third-order valence-corrected chi connectivity index (χ3v) is 3.08. The Labute approximate surface area is 113 Å². The average molecular weight is 260 g/mol. The van der Waals surface area contributed by atoms with Gasteiger partial charge >= 0.3 is 0 Å². The van der Waals surface area contributed by atoms with Gasteiger partial charge in [0.15, 0.2) is 0 Å². The predicted molar refractivity (Wildman–Crippen MR) is 74.1 cm³/mol. The second kappa shape index (κ2) is 5.89. The van der Waals surface area contributed by atoms with Gasteiger partial charge in [0, 0.05) is 18.5 Å². The maximum Gasteiger partial charge on any atom is 0.213 e. The van der Waals surface area contributed by atoms with Gasteiger partial charge in [-0.25, -0.2) is 4.98 Å². The van der Waals surface area contributed by atoms with Gasteiger partial charge in [-0.3, -0.25) is 0 Å². The van der Waals surface area contributed by atoms with E-state index in [0.29, 0.717) is 12.4 Å². The molecule has 2 rings (SSSR count). The van der Waals surface area contributed by atoms with Crippen LogP contribution >= 0.6 is 0 Å². The first-order valence-electron chi connectivity index (χ1n) is 6.44. The summed E-state index contributed by atoms with van der Waals surface area (Å²) < 4.78 is 7.12. The SMILES string of the molecule is COc1cccc(Cn2ccc(C(O)C(C)C)c2)n1. The predicted octanol–water partition coefficient (Wildman–Crippen LogP) is 2.63. The molecule has 0 saturated carbocycles. The van der Waals surface area contributed by atoms with Gasteiger partial charge in [-0.15, -0.1) is 0 Å². The molecule has 4 heteroatoms. The Balaban J connectivity index is 2.11. The molecule has 1 unspecified atom stereocenters.